The second-order valence-corrected chi connectivity index (χ2v) is 8.01. The first kappa shape index (κ1) is 20.8. The quantitative estimate of drug-likeness (QED) is 0.406. The highest BCUT2D eigenvalue weighted by Gasteiger charge is 2.11. The normalized spacial score (nSPS) is 11.9. The summed E-state index contributed by atoms with van der Waals surface area (Å²) in [5, 5.41) is 11.0. The molecule has 0 saturated heterocycles. The third kappa shape index (κ3) is 4.82. The molecule has 0 fully saturated rings. The minimum Gasteiger partial charge on any atom is -0.755 e. The number of rotatable bonds is 7. The lowest BCUT2D eigenvalue weighted by Gasteiger charge is -2.27. The van der Waals surface area contributed by atoms with Crippen LogP contribution >= 0.6 is 0 Å². The predicted octanol–water partition coefficient (Wildman–Crippen LogP) is 5.26. The maximum Gasteiger partial charge on any atom is 0.335 e. The van der Waals surface area contributed by atoms with Crippen LogP contribution in [0.5, 0.6) is 0 Å². The van der Waals surface area contributed by atoms with Crippen LogP contribution in [0.2, 0.25) is 0 Å². The molecule has 1 unspecified atom stereocenters. The summed E-state index contributed by atoms with van der Waals surface area (Å²) in [5.41, 5.74) is 3.54. The molecule has 0 bridgehead atoms. The first-order valence-corrected chi connectivity index (χ1v) is 10.8. The number of fused-ring (bicyclic) bond motifs is 1. The lowest BCUT2D eigenvalue weighted by atomic mass is 10.0. The number of nitrogens with zero attached hydrogens (tertiary/aromatic N) is 1. The Kier molecular flexibility index (Phi) is 6.11. The van der Waals surface area contributed by atoms with Crippen LogP contribution in [0.15, 0.2) is 91.0 Å². The van der Waals surface area contributed by atoms with Gasteiger partial charge in [0, 0.05) is 0 Å². The number of anilines is 2. The van der Waals surface area contributed by atoms with Crippen molar-refractivity contribution in [3.63, 3.8) is 0 Å². The van der Waals surface area contributed by atoms with E-state index in [1.54, 1.807) is 30.3 Å². The Morgan fingerprint density at radius 2 is 1.32 bits per heavy atom. The molecule has 0 heterocycles. The van der Waals surface area contributed by atoms with E-state index >= 15 is 0 Å². The molecular weight excluding hydrogens is 410 g/mol. The Bertz CT molecular complexity index is 1240. The van der Waals surface area contributed by atoms with Gasteiger partial charge in [-0.3, -0.25) is 8.51 Å². The highest BCUT2D eigenvalue weighted by molar-refractivity contribution is 7.81. The minimum atomic E-state index is -2.46. The van der Waals surface area contributed by atoms with Gasteiger partial charge in [-0.2, -0.15) is 0 Å². The Morgan fingerprint density at radius 3 is 1.90 bits per heavy atom. The molecule has 6 heteroatoms. The topological polar surface area (TPSA) is 80.7 Å². The minimum absolute atomic E-state index is 0.271. The van der Waals surface area contributed by atoms with E-state index < -0.39 is 17.2 Å². The van der Waals surface area contributed by atoms with E-state index in [0.29, 0.717) is 11.4 Å². The Labute approximate surface area is 183 Å². The van der Waals surface area contributed by atoms with Gasteiger partial charge in [0.25, 0.3) is 0 Å². The molecule has 5 nitrogen and oxygen atoms in total. The van der Waals surface area contributed by atoms with Gasteiger partial charge in [-0.1, -0.05) is 54.6 Å². The molecule has 0 spiro atoms. The second-order valence-electron chi connectivity index (χ2n) is 7.21. The predicted molar refractivity (Wildman–Crippen MR) is 122 cm³/mol. The van der Waals surface area contributed by atoms with Crippen LogP contribution in [0.3, 0.4) is 0 Å². The van der Waals surface area contributed by atoms with Crippen LogP contribution in [0.4, 0.5) is 11.4 Å². The zero-order chi connectivity index (χ0) is 21.8. The summed E-state index contributed by atoms with van der Waals surface area (Å²) in [4.78, 5) is 10.9. The molecule has 4 aromatic rings. The molecule has 0 radical (unpaired) electrons. The molecule has 0 aromatic heterocycles. The number of hydrogen-bond donors (Lipinski definition) is 1. The van der Waals surface area contributed by atoms with Crippen molar-refractivity contribution in [3.8, 4) is 0 Å². The van der Waals surface area contributed by atoms with Gasteiger partial charge in [-0.25, -0.2) is 4.79 Å². The molecule has 156 valence electrons. The van der Waals surface area contributed by atoms with Crippen LogP contribution in [0, 0.1) is 0 Å². The van der Waals surface area contributed by atoms with Gasteiger partial charge in [0.05, 0.1) is 28.2 Å². The van der Waals surface area contributed by atoms with Gasteiger partial charge >= 0.3 is 5.97 Å². The summed E-state index contributed by atoms with van der Waals surface area (Å²) < 4.78 is 25.3. The van der Waals surface area contributed by atoms with Gasteiger partial charge in [-0.15, -0.1) is 0 Å². The van der Waals surface area contributed by atoms with Crippen molar-refractivity contribution in [3.05, 3.63) is 108 Å². The molecule has 0 saturated carbocycles. The first-order chi connectivity index (χ1) is 15.0. The number of aromatic carboxylic acids is 1. The lowest BCUT2D eigenvalue weighted by Crippen LogP contribution is -2.19. The standard InChI is InChI=1S/C25H21NO4S/c27-25(28)21-11-7-18(8-12-21)5-6-19-9-14-23(15-10-19)26(31(29)30)24-16-13-20-3-1-2-4-22(20)17-24/h1-4,7-17H,5-6H2,(H,27,28)(H,29,30)/p-1. The third-order valence-electron chi connectivity index (χ3n) is 5.19. The number of carboxylic acids is 1. The SMILES string of the molecule is O=C(O)c1ccc(CCc2ccc(N(c3ccc4ccccc4c3)S(=O)[O-])cc2)cc1. The van der Waals surface area contributed by atoms with E-state index in [2.05, 4.69) is 0 Å². The van der Waals surface area contributed by atoms with Gasteiger partial charge < -0.3 is 9.66 Å². The van der Waals surface area contributed by atoms with Gasteiger partial charge in [-0.05, 0) is 71.1 Å². The number of aryl methyl sites for hydroxylation is 2. The fourth-order valence-corrected chi connectivity index (χ4v) is 4.10. The van der Waals surface area contributed by atoms with Crippen molar-refractivity contribution < 1.29 is 18.7 Å². The van der Waals surface area contributed by atoms with E-state index in [0.717, 1.165) is 34.7 Å². The van der Waals surface area contributed by atoms with Crippen molar-refractivity contribution in [2.75, 3.05) is 4.31 Å². The summed E-state index contributed by atoms with van der Waals surface area (Å²) in [6.45, 7) is 0. The Hall–Kier alpha value is -3.48. The highest BCUT2D eigenvalue weighted by atomic mass is 32.2. The van der Waals surface area contributed by atoms with Crippen molar-refractivity contribution in [1.29, 1.82) is 0 Å². The van der Waals surface area contributed by atoms with Crippen molar-refractivity contribution >= 4 is 39.4 Å². The average molecular weight is 431 g/mol. The maximum absolute atomic E-state index is 12.0. The largest absolute Gasteiger partial charge is 0.755 e. The summed E-state index contributed by atoms with van der Waals surface area (Å²) in [6.07, 6.45) is 1.53. The molecule has 4 aromatic carbocycles. The van der Waals surface area contributed by atoms with Crippen LogP contribution in [-0.4, -0.2) is 19.8 Å². The van der Waals surface area contributed by atoms with Crippen molar-refractivity contribution in [1.82, 2.24) is 0 Å². The number of benzene rings is 4. The van der Waals surface area contributed by atoms with Crippen molar-refractivity contribution in [2.24, 2.45) is 0 Å². The summed E-state index contributed by atoms with van der Waals surface area (Å²) in [7, 11) is 0. The molecule has 4 rings (SSSR count). The first-order valence-electron chi connectivity index (χ1n) is 9.81. The van der Waals surface area contributed by atoms with E-state index in [9.17, 15) is 13.6 Å². The lowest BCUT2D eigenvalue weighted by molar-refractivity contribution is 0.0697. The number of hydrogen-bond acceptors (Lipinski definition) is 3. The molecule has 0 aliphatic carbocycles. The maximum atomic E-state index is 12.0. The Morgan fingerprint density at radius 1 is 0.774 bits per heavy atom. The van der Waals surface area contributed by atoms with Gasteiger partial charge in [0.2, 0.25) is 0 Å². The van der Waals surface area contributed by atoms with Crippen LogP contribution < -0.4 is 4.31 Å². The molecule has 1 atom stereocenters. The van der Waals surface area contributed by atoms with Gasteiger partial charge in [0.1, 0.15) is 0 Å². The zero-order valence-corrected chi connectivity index (χ0v) is 17.4. The van der Waals surface area contributed by atoms with E-state index in [4.69, 9.17) is 5.11 Å². The summed E-state index contributed by atoms with van der Waals surface area (Å²) >= 11 is -2.46. The molecule has 0 amide bonds. The average Bonchev–Trinajstić information content (AvgIpc) is 2.78. The zero-order valence-electron chi connectivity index (χ0n) is 16.6. The smallest absolute Gasteiger partial charge is 0.335 e. The summed E-state index contributed by atoms with van der Waals surface area (Å²) in [6, 6.07) is 27.7. The van der Waals surface area contributed by atoms with E-state index in [-0.39, 0.29) is 5.56 Å². The highest BCUT2D eigenvalue weighted by Crippen LogP contribution is 2.30. The van der Waals surface area contributed by atoms with E-state index in [1.807, 2.05) is 60.7 Å². The Balaban J connectivity index is 1.50. The van der Waals surface area contributed by atoms with Crippen LogP contribution in [-0.2, 0) is 24.1 Å². The number of carbonyl (C=O) groups is 1. The molecule has 0 aliphatic heterocycles. The van der Waals surface area contributed by atoms with Crippen LogP contribution in [0.25, 0.3) is 10.8 Å². The second kappa shape index (κ2) is 9.12. The van der Waals surface area contributed by atoms with E-state index in [1.165, 1.54) is 4.31 Å². The third-order valence-corrected chi connectivity index (χ3v) is 5.91. The fraction of sp³-hybridized carbons (Fsp3) is 0.0800. The summed E-state index contributed by atoms with van der Waals surface area (Å²) in [5.74, 6) is -0.936. The molecule has 31 heavy (non-hydrogen) atoms. The van der Waals surface area contributed by atoms with Crippen LogP contribution in [0.1, 0.15) is 21.5 Å². The van der Waals surface area contributed by atoms with Gasteiger partial charge in [0.15, 0.2) is 0 Å². The monoisotopic (exact) mass is 430 g/mol. The molecular formula is C25H20NO4S-. The molecule has 1 N–H and O–H groups in total. The fourth-order valence-electron chi connectivity index (χ4n) is 3.52. The molecule has 0 aliphatic rings. The van der Waals surface area contributed by atoms with Crippen molar-refractivity contribution in [2.45, 2.75) is 12.8 Å². The number of carboxylic acid groups (broad SMARTS) is 1.